The molecule has 7 heteroatoms. The number of carbonyl (C=O) groups is 1. The van der Waals surface area contributed by atoms with Crippen LogP contribution in [-0.4, -0.2) is 19.6 Å². The van der Waals surface area contributed by atoms with E-state index in [-0.39, 0.29) is 11.3 Å². The Kier molecular flexibility index (Phi) is 4.55. The molecule has 0 saturated carbocycles. The summed E-state index contributed by atoms with van der Waals surface area (Å²) in [5.74, 6) is -0.705. The second-order valence-electron chi connectivity index (χ2n) is 3.41. The number of ether oxygens (including phenoxy) is 1. The Balaban J connectivity index is 3.16. The van der Waals surface area contributed by atoms with E-state index in [9.17, 15) is 18.0 Å². The highest BCUT2D eigenvalue weighted by atomic mass is 19.4. The van der Waals surface area contributed by atoms with E-state index in [0.29, 0.717) is 6.54 Å². The molecule has 0 saturated heterocycles. The fourth-order valence-corrected chi connectivity index (χ4v) is 1.30. The van der Waals surface area contributed by atoms with E-state index in [0.717, 1.165) is 25.3 Å². The third-order valence-electron chi connectivity index (χ3n) is 2.15. The summed E-state index contributed by atoms with van der Waals surface area (Å²) in [4.78, 5) is 11.4. The van der Waals surface area contributed by atoms with E-state index in [1.807, 2.05) is 0 Å². The molecule has 0 aliphatic heterocycles. The van der Waals surface area contributed by atoms with E-state index >= 15 is 0 Å². The summed E-state index contributed by atoms with van der Waals surface area (Å²) in [6.07, 6.45) is -4.46. The minimum absolute atomic E-state index is 0.0264. The minimum atomic E-state index is -4.46. The lowest BCUT2D eigenvalue weighted by Crippen LogP contribution is -2.23. The van der Waals surface area contributed by atoms with Crippen molar-refractivity contribution in [2.24, 2.45) is 0 Å². The fourth-order valence-electron chi connectivity index (χ4n) is 1.30. The van der Waals surface area contributed by atoms with Gasteiger partial charge in [-0.15, -0.1) is 0 Å². The second kappa shape index (κ2) is 5.72. The number of alkyl halides is 3. The summed E-state index contributed by atoms with van der Waals surface area (Å²) in [6, 6.07) is 2.77. The molecule has 0 heterocycles. The van der Waals surface area contributed by atoms with Crippen molar-refractivity contribution in [2.45, 2.75) is 13.1 Å². The molecule has 2 N–H and O–H groups in total. The van der Waals surface area contributed by atoms with Crippen LogP contribution in [0.5, 0.6) is 0 Å². The number of halogens is 3. The van der Waals surface area contributed by atoms with Crippen molar-refractivity contribution in [3.8, 4) is 0 Å². The Hall–Kier alpha value is -1.76. The number of hydrogen-bond donors (Lipinski definition) is 2. The molecule has 18 heavy (non-hydrogen) atoms. The van der Waals surface area contributed by atoms with Gasteiger partial charge in [0.15, 0.2) is 0 Å². The second-order valence-corrected chi connectivity index (χ2v) is 3.41. The Labute approximate surface area is 102 Å². The third kappa shape index (κ3) is 3.36. The monoisotopic (exact) mass is 262 g/mol. The largest absolute Gasteiger partial charge is 0.465 e. The topological polar surface area (TPSA) is 50.4 Å². The van der Waals surface area contributed by atoms with Crippen LogP contribution in [-0.2, 0) is 10.9 Å². The van der Waals surface area contributed by atoms with Gasteiger partial charge in [-0.05, 0) is 18.2 Å². The molecule has 0 aliphatic carbocycles. The predicted molar refractivity (Wildman–Crippen MR) is 60.1 cm³/mol. The van der Waals surface area contributed by atoms with E-state index in [1.54, 1.807) is 6.92 Å². The number of benzene rings is 1. The molecule has 0 spiro atoms. The summed E-state index contributed by atoms with van der Waals surface area (Å²) >= 11 is 0. The van der Waals surface area contributed by atoms with Crippen LogP contribution in [0.1, 0.15) is 22.8 Å². The van der Waals surface area contributed by atoms with Gasteiger partial charge >= 0.3 is 12.1 Å². The van der Waals surface area contributed by atoms with Crippen molar-refractivity contribution in [3.05, 3.63) is 29.3 Å². The summed E-state index contributed by atoms with van der Waals surface area (Å²) in [5.41, 5.74) is 4.40. The predicted octanol–water partition coefficient (Wildman–Crippen LogP) is 2.43. The smallest absolute Gasteiger partial charge is 0.416 e. The van der Waals surface area contributed by atoms with Crippen LogP contribution in [0.4, 0.5) is 18.9 Å². The lowest BCUT2D eigenvalue weighted by Gasteiger charge is -2.14. The van der Waals surface area contributed by atoms with Crippen molar-refractivity contribution >= 4 is 11.7 Å². The normalized spacial score (nSPS) is 11.2. The maximum atomic E-state index is 12.5. The number of anilines is 1. The number of hydrazine groups is 1. The van der Waals surface area contributed by atoms with Crippen LogP contribution in [0.25, 0.3) is 0 Å². The maximum absolute atomic E-state index is 12.5. The lowest BCUT2D eigenvalue weighted by molar-refractivity contribution is -0.137. The summed E-state index contributed by atoms with van der Waals surface area (Å²) in [7, 11) is 1.16. The molecule has 0 unspecified atom stereocenters. The summed E-state index contributed by atoms with van der Waals surface area (Å²) < 4.78 is 42.1. The summed E-state index contributed by atoms with van der Waals surface area (Å²) in [5, 5.41) is 0. The maximum Gasteiger partial charge on any atom is 0.416 e. The van der Waals surface area contributed by atoms with Crippen LogP contribution < -0.4 is 10.9 Å². The number of rotatable bonds is 4. The number of nitrogens with one attached hydrogen (secondary N) is 2. The van der Waals surface area contributed by atoms with Crippen LogP contribution in [0.15, 0.2) is 18.2 Å². The fraction of sp³-hybridized carbons (Fsp3) is 0.364. The highest BCUT2D eigenvalue weighted by Gasteiger charge is 2.31. The van der Waals surface area contributed by atoms with E-state index < -0.39 is 17.7 Å². The first-order valence-electron chi connectivity index (χ1n) is 5.18. The molecule has 0 aromatic heterocycles. The van der Waals surface area contributed by atoms with Crippen molar-refractivity contribution in [1.29, 1.82) is 0 Å². The van der Waals surface area contributed by atoms with Crippen LogP contribution in [0.2, 0.25) is 0 Å². The first-order valence-corrected chi connectivity index (χ1v) is 5.18. The molecular weight excluding hydrogens is 249 g/mol. The molecule has 1 aromatic carbocycles. The molecule has 4 nitrogen and oxygen atoms in total. The standard InChI is InChI=1S/C11H13F3N2O2/c1-3-15-16-9-6-7(11(12,13)14)4-5-8(9)10(17)18-2/h4-6,15-16H,3H2,1-2H3. The highest BCUT2D eigenvalue weighted by molar-refractivity contribution is 5.95. The molecular formula is C11H13F3N2O2. The number of esters is 1. The molecule has 0 fully saturated rings. The number of hydrogen-bond acceptors (Lipinski definition) is 4. The Morgan fingerprint density at radius 3 is 2.56 bits per heavy atom. The van der Waals surface area contributed by atoms with Gasteiger partial charge in [0.2, 0.25) is 0 Å². The SMILES string of the molecule is CCNNc1cc(C(F)(F)F)ccc1C(=O)OC. The Morgan fingerprint density at radius 2 is 2.06 bits per heavy atom. The van der Waals surface area contributed by atoms with Gasteiger partial charge in [0, 0.05) is 6.54 Å². The van der Waals surface area contributed by atoms with Gasteiger partial charge in [0.25, 0.3) is 0 Å². The minimum Gasteiger partial charge on any atom is -0.465 e. The Bertz CT molecular complexity index is 433. The molecule has 0 radical (unpaired) electrons. The van der Waals surface area contributed by atoms with Gasteiger partial charge in [-0.1, -0.05) is 6.92 Å². The molecule has 1 rings (SSSR count). The Morgan fingerprint density at radius 1 is 1.39 bits per heavy atom. The van der Waals surface area contributed by atoms with E-state index in [4.69, 9.17) is 0 Å². The zero-order valence-corrected chi connectivity index (χ0v) is 9.89. The average Bonchev–Trinajstić information content (AvgIpc) is 2.34. The van der Waals surface area contributed by atoms with Crippen LogP contribution in [0.3, 0.4) is 0 Å². The zero-order chi connectivity index (χ0) is 13.8. The van der Waals surface area contributed by atoms with Crippen molar-refractivity contribution in [3.63, 3.8) is 0 Å². The molecule has 0 bridgehead atoms. The molecule has 1 aromatic rings. The third-order valence-corrected chi connectivity index (χ3v) is 2.15. The quantitative estimate of drug-likeness (QED) is 0.646. The van der Waals surface area contributed by atoms with Crippen molar-refractivity contribution in [2.75, 3.05) is 19.1 Å². The van der Waals surface area contributed by atoms with E-state index in [1.165, 1.54) is 0 Å². The zero-order valence-electron chi connectivity index (χ0n) is 9.89. The molecule has 100 valence electrons. The lowest BCUT2D eigenvalue weighted by atomic mass is 10.1. The van der Waals surface area contributed by atoms with Gasteiger partial charge in [-0.25, -0.2) is 10.2 Å². The van der Waals surface area contributed by atoms with Gasteiger partial charge in [-0.2, -0.15) is 13.2 Å². The van der Waals surface area contributed by atoms with Gasteiger partial charge in [0.1, 0.15) is 0 Å². The van der Waals surface area contributed by atoms with Crippen molar-refractivity contribution in [1.82, 2.24) is 5.43 Å². The van der Waals surface area contributed by atoms with Crippen LogP contribution >= 0.6 is 0 Å². The molecule has 0 atom stereocenters. The summed E-state index contributed by atoms with van der Waals surface area (Å²) in [6.45, 7) is 2.25. The average molecular weight is 262 g/mol. The molecule has 0 amide bonds. The van der Waals surface area contributed by atoms with Crippen molar-refractivity contribution < 1.29 is 22.7 Å². The van der Waals surface area contributed by atoms with Gasteiger partial charge in [0.05, 0.1) is 23.9 Å². The number of carbonyl (C=O) groups excluding carboxylic acids is 1. The number of methoxy groups -OCH3 is 1. The highest BCUT2D eigenvalue weighted by Crippen LogP contribution is 2.32. The van der Waals surface area contributed by atoms with E-state index in [2.05, 4.69) is 15.6 Å². The van der Waals surface area contributed by atoms with Crippen LogP contribution in [0, 0.1) is 0 Å². The first-order chi connectivity index (χ1) is 8.40. The van der Waals surface area contributed by atoms with Gasteiger partial charge in [-0.3, -0.25) is 0 Å². The molecule has 0 aliphatic rings. The van der Waals surface area contributed by atoms with Gasteiger partial charge < -0.3 is 10.2 Å². The first kappa shape index (κ1) is 14.3.